The Balaban J connectivity index is 1.91. The molecule has 0 spiro atoms. The highest BCUT2D eigenvalue weighted by Crippen LogP contribution is 2.24. The number of nitrogens with zero attached hydrogens (tertiary/aromatic N) is 2. The van der Waals surface area contributed by atoms with Gasteiger partial charge in [0.15, 0.2) is 0 Å². The van der Waals surface area contributed by atoms with Crippen LogP contribution in [0.1, 0.15) is 33.0 Å². The van der Waals surface area contributed by atoms with Gasteiger partial charge in [-0.15, -0.1) is 0 Å². The second-order valence-corrected chi connectivity index (χ2v) is 5.30. The van der Waals surface area contributed by atoms with E-state index in [1.807, 2.05) is 0 Å². The molecular formula is C14H18N2O5. The maximum absolute atomic E-state index is 12.6. The van der Waals surface area contributed by atoms with Gasteiger partial charge in [0.25, 0.3) is 5.91 Å². The third kappa shape index (κ3) is 2.43. The molecule has 1 saturated heterocycles. The summed E-state index contributed by atoms with van der Waals surface area (Å²) in [4.78, 5) is 25.7. The minimum Gasteiger partial charge on any atom is -0.478 e. The number of methoxy groups -OCH3 is 1. The van der Waals surface area contributed by atoms with E-state index in [2.05, 4.69) is 0 Å². The van der Waals surface area contributed by atoms with E-state index < -0.39 is 5.97 Å². The van der Waals surface area contributed by atoms with Crippen molar-refractivity contribution in [1.29, 1.82) is 0 Å². The molecule has 3 rings (SSSR count). The van der Waals surface area contributed by atoms with Crippen LogP contribution in [-0.4, -0.2) is 59.4 Å². The van der Waals surface area contributed by atoms with Crippen LogP contribution in [0.3, 0.4) is 0 Å². The molecule has 0 saturated carbocycles. The number of hydrogen-bond donors (Lipinski definition) is 1. The Hall–Kier alpha value is -1.86. The number of carboxylic acids is 1. The number of carboxylic acid groups (broad SMARTS) is 1. The fraction of sp³-hybridized carbons (Fsp3) is 0.571. The highest BCUT2D eigenvalue weighted by molar-refractivity contribution is 5.98. The molecule has 1 amide bonds. The second kappa shape index (κ2) is 5.50. The van der Waals surface area contributed by atoms with Gasteiger partial charge in [-0.05, 0) is 12.5 Å². The number of hydrogen-bond acceptors (Lipinski definition) is 4. The van der Waals surface area contributed by atoms with E-state index >= 15 is 0 Å². The molecule has 0 aromatic carbocycles. The van der Waals surface area contributed by atoms with Crippen LogP contribution in [0.15, 0.2) is 6.07 Å². The summed E-state index contributed by atoms with van der Waals surface area (Å²) in [5.74, 6) is -1.16. The SMILES string of the molecule is COC1CCN(C(=O)c2cc(C(=O)O)c3n2CCOC3)C1. The zero-order chi connectivity index (χ0) is 15.0. The highest BCUT2D eigenvalue weighted by atomic mass is 16.5. The van der Waals surface area contributed by atoms with Crippen molar-refractivity contribution >= 4 is 11.9 Å². The quantitative estimate of drug-likeness (QED) is 0.882. The first-order chi connectivity index (χ1) is 10.1. The molecule has 2 aliphatic heterocycles. The first-order valence-electron chi connectivity index (χ1n) is 6.97. The molecule has 7 nitrogen and oxygen atoms in total. The summed E-state index contributed by atoms with van der Waals surface area (Å²) < 4.78 is 12.4. The van der Waals surface area contributed by atoms with E-state index in [4.69, 9.17) is 9.47 Å². The molecule has 114 valence electrons. The average molecular weight is 294 g/mol. The van der Waals surface area contributed by atoms with Crippen molar-refractivity contribution in [3.8, 4) is 0 Å². The van der Waals surface area contributed by atoms with Crippen molar-refractivity contribution < 1.29 is 24.2 Å². The van der Waals surface area contributed by atoms with Crippen molar-refractivity contribution in [2.24, 2.45) is 0 Å². The summed E-state index contributed by atoms with van der Waals surface area (Å²) in [6, 6.07) is 1.47. The molecule has 1 N–H and O–H groups in total. The number of aromatic carboxylic acids is 1. The zero-order valence-electron chi connectivity index (χ0n) is 11.9. The van der Waals surface area contributed by atoms with Crippen LogP contribution >= 0.6 is 0 Å². The van der Waals surface area contributed by atoms with Gasteiger partial charge in [0.05, 0.1) is 30.6 Å². The standard InChI is InChI=1S/C14H18N2O5/c1-20-9-2-3-15(7-9)13(17)11-6-10(14(18)19)12-8-21-5-4-16(11)12/h6,9H,2-5,7-8H2,1H3,(H,18,19). The molecule has 1 atom stereocenters. The first-order valence-corrected chi connectivity index (χ1v) is 6.97. The summed E-state index contributed by atoms with van der Waals surface area (Å²) in [5, 5.41) is 9.27. The van der Waals surface area contributed by atoms with Crippen molar-refractivity contribution in [3.05, 3.63) is 23.0 Å². The highest BCUT2D eigenvalue weighted by Gasteiger charge is 2.31. The Kier molecular flexibility index (Phi) is 3.69. The third-order valence-corrected chi connectivity index (χ3v) is 4.12. The van der Waals surface area contributed by atoms with Crippen LogP contribution in [0.4, 0.5) is 0 Å². The van der Waals surface area contributed by atoms with E-state index in [-0.39, 0.29) is 24.2 Å². The number of fused-ring (bicyclic) bond motifs is 1. The second-order valence-electron chi connectivity index (χ2n) is 5.30. The first kappa shape index (κ1) is 14.1. The van der Waals surface area contributed by atoms with Crippen molar-refractivity contribution in [3.63, 3.8) is 0 Å². The van der Waals surface area contributed by atoms with E-state index in [1.54, 1.807) is 16.6 Å². The fourth-order valence-electron chi connectivity index (χ4n) is 2.95. The van der Waals surface area contributed by atoms with Crippen LogP contribution < -0.4 is 0 Å². The number of carbonyl (C=O) groups is 2. The summed E-state index contributed by atoms with van der Waals surface area (Å²) in [6.07, 6.45) is 0.872. The van der Waals surface area contributed by atoms with Crippen LogP contribution in [0.25, 0.3) is 0 Å². The lowest BCUT2D eigenvalue weighted by Gasteiger charge is -2.21. The van der Waals surface area contributed by atoms with Crippen LogP contribution in [0, 0.1) is 0 Å². The van der Waals surface area contributed by atoms with Crippen LogP contribution in [0.2, 0.25) is 0 Å². The number of likely N-dealkylation sites (tertiary alicyclic amines) is 1. The van der Waals surface area contributed by atoms with Crippen molar-refractivity contribution in [2.75, 3.05) is 26.8 Å². The summed E-state index contributed by atoms with van der Waals surface area (Å²) in [5.41, 5.74) is 1.16. The maximum Gasteiger partial charge on any atom is 0.337 e. The molecule has 7 heteroatoms. The minimum absolute atomic E-state index is 0.0621. The molecule has 0 aliphatic carbocycles. The van der Waals surface area contributed by atoms with Gasteiger partial charge in [-0.2, -0.15) is 0 Å². The molecule has 0 bridgehead atoms. The smallest absolute Gasteiger partial charge is 0.337 e. The normalized spacial score (nSPS) is 21.4. The van der Waals surface area contributed by atoms with Gasteiger partial charge in [-0.1, -0.05) is 0 Å². The molecule has 0 radical (unpaired) electrons. The van der Waals surface area contributed by atoms with Gasteiger partial charge >= 0.3 is 5.97 Å². The predicted octanol–water partition coefficient (Wildman–Crippen LogP) is 0.577. The fourth-order valence-corrected chi connectivity index (χ4v) is 2.95. The van der Waals surface area contributed by atoms with E-state index in [9.17, 15) is 14.7 Å². The topological polar surface area (TPSA) is 81.0 Å². The largest absolute Gasteiger partial charge is 0.478 e. The summed E-state index contributed by atoms with van der Waals surface area (Å²) >= 11 is 0. The number of ether oxygens (including phenoxy) is 2. The van der Waals surface area contributed by atoms with Gasteiger partial charge in [0.2, 0.25) is 0 Å². The lowest BCUT2D eigenvalue weighted by Crippen LogP contribution is -2.32. The number of aromatic nitrogens is 1. The number of rotatable bonds is 3. The molecule has 1 fully saturated rings. The van der Waals surface area contributed by atoms with Gasteiger partial charge < -0.3 is 24.0 Å². The van der Waals surface area contributed by atoms with E-state index in [0.29, 0.717) is 37.6 Å². The average Bonchev–Trinajstić information content (AvgIpc) is 3.11. The Morgan fingerprint density at radius 3 is 2.90 bits per heavy atom. The van der Waals surface area contributed by atoms with Crippen LogP contribution in [-0.2, 0) is 22.6 Å². The van der Waals surface area contributed by atoms with Gasteiger partial charge in [0, 0.05) is 26.7 Å². The molecule has 1 unspecified atom stereocenters. The van der Waals surface area contributed by atoms with Crippen LogP contribution in [0.5, 0.6) is 0 Å². The Morgan fingerprint density at radius 2 is 2.24 bits per heavy atom. The Labute approximate surface area is 122 Å². The zero-order valence-corrected chi connectivity index (χ0v) is 11.9. The maximum atomic E-state index is 12.6. The molecule has 21 heavy (non-hydrogen) atoms. The molecule has 3 heterocycles. The molecular weight excluding hydrogens is 276 g/mol. The summed E-state index contributed by atoms with van der Waals surface area (Å²) in [7, 11) is 1.64. The number of amides is 1. The van der Waals surface area contributed by atoms with Crippen molar-refractivity contribution in [2.45, 2.75) is 25.7 Å². The molecule has 1 aromatic heterocycles. The minimum atomic E-state index is -1.03. The molecule has 1 aromatic rings. The lowest BCUT2D eigenvalue weighted by molar-refractivity contribution is 0.0638. The van der Waals surface area contributed by atoms with Gasteiger partial charge in [0.1, 0.15) is 5.69 Å². The number of carbonyl (C=O) groups excluding carboxylic acids is 1. The lowest BCUT2D eigenvalue weighted by atomic mass is 10.2. The van der Waals surface area contributed by atoms with Gasteiger partial charge in [-0.3, -0.25) is 4.79 Å². The Morgan fingerprint density at radius 1 is 1.43 bits per heavy atom. The van der Waals surface area contributed by atoms with E-state index in [1.165, 1.54) is 6.07 Å². The third-order valence-electron chi connectivity index (χ3n) is 4.12. The summed E-state index contributed by atoms with van der Waals surface area (Å²) in [6.45, 7) is 2.41. The monoisotopic (exact) mass is 294 g/mol. The Bertz CT molecular complexity index is 580. The van der Waals surface area contributed by atoms with Crippen molar-refractivity contribution in [1.82, 2.24) is 9.47 Å². The predicted molar refractivity (Wildman–Crippen MR) is 72.4 cm³/mol. The van der Waals surface area contributed by atoms with E-state index in [0.717, 1.165) is 6.42 Å². The van der Waals surface area contributed by atoms with Gasteiger partial charge in [-0.25, -0.2) is 4.79 Å². The molecule has 2 aliphatic rings.